The number of hydrogen-bond acceptors (Lipinski definition) is 6. The lowest BCUT2D eigenvalue weighted by atomic mass is 10.0. The third-order valence-electron chi connectivity index (χ3n) is 9.14. The number of rotatable bonds is 12. The number of ether oxygens (including phenoxy) is 4. The molecule has 0 spiro atoms. The van der Waals surface area contributed by atoms with Crippen molar-refractivity contribution in [2.24, 2.45) is 0 Å². The summed E-state index contributed by atoms with van der Waals surface area (Å²) in [5.74, 6) is 0.639. The van der Waals surface area contributed by atoms with E-state index in [0.717, 1.165) is 43.1 Å². The molecule has 0 fully saturated rings. The minimum atomic E-state index is -0.461. The molecule has 6 nitrogen and oxygen atoms in total. The smallest absolute Gasteiger partial charge is 0.339 e. The molecule has 250 valence electrons. The first kappa shape index (κ1) is 32.7. The molecule has 7 rings (SSSR count). The Balaban J connectivity index is 1.12. The fraction of sp³-hybridized carbons (Fsp3) is 0.182. The Bertz CT molecular complexity index is 2100. The fourth-order valence-corrected chi connectivity index (χ4v) is 6.42. The molecule has 0 N–H and O–H groups in total. The minimum Gasteiger partial charge on any atom is -0.488 e. The molecule has 6 heteroatoms. The molecule has 2 unspecified atom stereocenters. The molecule has 0 bridgehead atoms. The van der Waals surface area contributed by atoms with Gasteiger partial charge in [0, 0.05) is 21.5 Å². The van der Waals surface area contributed by atoms with Gasteiger partial charge in [-0.3, -0.25) is 0 Å². The quantitative estimate of drug-likeness (QED) is 0.0958. The molecule has 7 aromatic carbocycles. The Morgan fingerprint density at radius 3 is 1.12 bits per heavy atom. The van der Waals surface area contributed by atoms with Crippen molar-refractivity contribution in [2.45, 2.75) is 38.9 Å². The highest BCUT2D eigenvalue weighted by atomic mass is 16.6. The van der Waals surface area contributed by atoms with Crippen LogP contribution in [0.2, 0.25) is 0 Å². The van der Waals surface area contributed by atoms with Crippen LogP contribution in [0, 0.1) is 0 Å². The molecule has 0 heterocycles. The Hall–Kier alpha value is -5.88. The number of hydrogen-bond donors (Lipinski definition) is 0. The Labute approximate surface area is 291 Å². The molecule has 50 heavy (non-hydrogen) atoms. The van der Waals surface area contributed by atoms with Crippen molar-refractivity contribution in [1.82, 2.24) is 0 Å². The van der Waals surface area contributed by atoms with E-state index < -0.39 is 12.2 Å². The second kappa shape index (κ2) is 14.7. The normalized spacial score (nSPS) is 12.5. The predicted molar refractivity (Wildman–Crippen MR) is 199 cm³/mol. The van der Waals surface area contributed by atoms with Crippen LogP contribution < -0.4 is 9.47 Å². The Morgan fingerprint density at radius 1 is 0.440 bits per heavy atom. The average molecular weight is 663 g/mol. The van der Waals surface area contributed by atoms with Gasteiger partial charge in [-0.1, -0.05) is 135 Å². The number of esters is 2. The summed E-state index contributed by atoms with van der Waals surface area (Å²) >= 11 is 0. The maximum atomic E-state index is 13.3. The van der Waals surface area contributed by atoms with Gasteiger partial charge in [0.1, 0.15) is 36.9 Å². The van der Waals surface area contributed by atoms with Crippen molar-refractivity contribution in [3.8, 4) is 11.5 Å². The highest BCUT2D eigenvalue weighted by Gasteiger charge is 2.22. The summed E-state index contributed by atoms with van der Waals surface area (Å²) in [6, 6.07) is 42.8. The van der Waals surface area contributed by atoms with Crippen LogP contribution >= 0.6 is 0 Å². The van der Waals surface area contributed by atoms with Crippen molar-refractivity contribution in [2.75, 3.05) is 13.2 Å². The van der Waals surface area contributed by atoms with Crippen LogP contribution in [0.3, 0.4) is 0 Å². The van der Waals surface area contributed by atoms with E-state index in [9.17, 15) is 9.59 Å². The van der Waals surface area contributed by atoms with Crippen LogP contribution in [0.15, 0.2) is 133 Å². The Morgan fingerprint density at radius 2 is 0.760 bits per heavy atom. The van der Waals surface area contributed by atoms with Crippen LogP contribution in [0.4, 0.5) is 0 Å². The molecule has 0 saturated carbocycles. The van der Waals surface area contributed by atoms with E-state index >= 15 is 0 Å². The van der Waals surface area contributed by atoms with Gasteiger partial charge >= 0.3 is 11.9 Å². The molecule has 0 radical (unpaired) electrons. The van der Waals surface area contributed by atoms with Crippen LogP contribution in [-0.2, 0) is 9.47 Å². The summed E-state index contributed by atoms with van der Waals surface area (Å²) in [7, 11) is 0. The molecule has 0 aliphatic rings. The van der Waals surface area contributed by atoms with Gasteiger partial charge in [0.25, 0.3) is 0 Å². The number of carbonyl (C=O) groups is 2. The number of fused-ring (bicyclic) bond motifs is 4. The first-order valence-electron chi connectivity index (χ1n) is 17.1. The zero-order valence-corrected chi connectivity index (χ0v) is 28.1. The maximum absolute atomic E-state index is 13.3. The van der Waals surface area contributed by atoms with Gasteiger partial charge in [-0.2, -0.15) is 0 Å². The average Bonchev–Trinajstić information content (AvgIpc) is 3.17. The van der Waals surface area contributed by atoms with Crippen LogP contribution in [0.25, 0.3) is 43.1 Å². The van der Waals surface area contributed by atoms with Crippen molar-refractivity contribution >= 4 is 55.0 Å². The largest absolute Gasteiger partial charge is 0.488 e. The highest BCUT2D eigenvalue weighted by molar-refractivity contribution is 6.11. The second-order valence-electron chi connectivity index (χ2n) is 12.3. The van der Waals surface area contributed by atoms with Gasteiger partial charge in [-0.15, -0.1) is 0 Å². The topological polar surface area (TPSA) is 71.1 Å². The molecule has 0 aromatic heterocycles. The molecule has 0 saturated heterocycles. The van der Waals surface area contributed by atoms with Gasteiger partial charge < -0.3 is 18.9 Å². The van der Waals surface area contributed by atoms with Gasteiger partial charge in [0.05, 0.1) is 11.1 Å². The van der Waals surface area contributed by atoms with Gasteiger partial charge in [-0.05, 0) is 46.5 Å². The summed E-state index contributed by atoms with van der Waals surface area (Å²) in [4.78, 5) is 26.7. The van der Waals surface area contributed by atoms with Crippen molar-refractivity contribution < 1.29 is 28.5 Å². The molecule has 2 atom stereocenters. The fourth-order valence-electron chi connectivity index (χ4n) is 6.42. The van der Waals surface area contributed by atoms with Crippen molar-refractivity contribution in [1.29, 1.82) is 0 Å². The van der Waals surface area contributed by atoms with Crippen LogP contribution in [-0.4, -0.2) is 37.4 Å². The first-order valence-corrected chi connectivity index (χ1v) is 17.1. The first-order chi connectivity index (χ1) is 24.6. The summed E-state index contributed by atoms with van der Waals surface area (Å²) in [6.07, 6.45) is 0.251. The standard InChI is InChI=1S/C44H38O6/c1-3-31(49-43(45)39-25-13-17-29-15-5-7-19-33(29)39)27-47-41-35-21-9-11-23-37(35)42(38-24-12-10-22-36(38)41)48-28-32(4-2)50-44(46)40-26-14-18-30-16-6-8-20-34(30)40/h5-26,31-32H,3-4,27-28H2,1-2H3. The SMILES string of the molecule is CCC(COc1c2ccccc2c(OCC(CC)OC(=O)c2cccc3ccccc23)c2ccccc12)OC(=O)c1cccc2ccccc12. The van der Waals surface area contributed by atoms with E-state index in [0.29, 0.717) is 35.5 Å². The zero-order valence-electron chi connectivity index (χ0n) is 28.1. The third-order valence-corrected chi connectivity index (χ3v) is 9.14. The van der Waals surface area contributed by atoms with Crippen molar-refractivity contribution in [3.05, 3.63) is 145 Å². The molecule has 0 aliphatic heterocycles. The second-order valence-corrected chi connectivity index (χ2v) is 12.3. The molecule has 0 amide bonds. The van der Waals surface area contributed by atoms with Gasteiger partial charge in [-0.25, -0.2) is 9.59 Å². The lowest BCUT2D eigenvalue weighted by molar-refractivity contribution is 0.0161. The third kappa shape index (κ3) is 6.57. The van der Waals surface area contributed by atoms with E-state index in [1.54, 1.807) is 12.1 Å². The van der Waals surface area contributed by atoms with E-state index in [4.69, 9.17) is 18.9 Å². The number of benzene rings is 7. The maximum Gasteiger partial charge on any atom is 0.339 e. The minimum absolute atomic E-state index is 0.184. The highest BCUT2D eigenvalue weighted by Crippen LogP contribution is 2.43. The number of carbonyl (C=O) groups excluding carboxylic acids is 2. The van der Waals surface area contributed by atoms with Crippen LogP contribution in [0.1, 0.15) is 47.4 Å². The lowest BCUT2D eigenvalue weighted by Gasteiger charge is -2.22. The van der Waals surface area contributed by atoms with E-state index in [1.807, 2.05) is 135 Å². The monoisotopic (exact) mass is 662 g/mol. The molecule has 7 aromatic rings. The molecular weight excluding hydrogens is 624 g/mol. The lowest BCUT2D eigenvalue weighted by Crippen LogP contribution is -2.25. The van der Waals surface area contributed by atoms with E-state index in [-0.39, 0.29) is 25.2 Å². The summed E-state index contributed by atoms with van der Waals surface area (Å²) in [5, 5.41) is 7.18. The summed E-state index contributed by atoms with van der Waals surface area (Å²) < 4.78 is 25.1. The van der Waals surface area contributed by atoms with Crippen LogP contribution in [0.5, 0.6) is 11.5 Å². The molecular formula is C44H38O6. The van der Waals surface area contributed by atoms with Gasteiger partial charge in [0.15, 0.2) is 0 Å². The van der Waals surface area contributed by atoms with Crippen molar-refractivity contribution in [3.63, 3.8) is 0 Å². The summed E-state index contributed by atoms with van der Waals surface area (Å²) in [6.45, 7) is 4.33. The van der Waals surface area contributed by atoms with E-state index in [2.05, 4.69) is 0 Å². The van der Waals surface area contributed by atoms with Gasteiger partial charge in [0.2, 0.25) is 0 Å². The zero-order chi connectivity index (χ0) is 34.5. The van der Waals surface area contributed by atoms with E-state index in [1.165, 1.54) is 0 Å². The summed E-state index contributed by atoms with van der Waals surface area (Å²) in [5.41, 5.74) is 1.07. The molecule has 0 aliphatic carbocycles. The predicted octanol–water partition coefficient (Wildman–Crippen LogP) is 10.3. The Kier molecular flexibility index (Phi) is 9.61.